The van der Waals surface area contributed by atoms with Crippen LogP contribution in [0.4, 0.5) is 17.1 Å². The van der Waals surface area contributed by atoms with E-state index in [9.17, 15) is 28.1 Å². The molecule has 1 amide bonds. The number of non-ortho nitro benzene ring substituents is 1. The molecule has 0 aliphatic rings. The Labute approximate surface area is 193 Å². The predicted octanol–water partition coefficient (Wildman–Crippen LogP) is 2.97. The molecule has 0 unspecified atom stereocenters. The zero-order valence-corrected chi connectivity index (χ0v) is 18.6. The number of carbonyl (C=O) groups is 1. The van der Waals surface area contributed by atoms with Gasteiger partial charge in [-0.15, -0.1) is 0 Å². The molecule has 4 rings (SSSR count). The van der Waals surface area contributed by atoms with Crippen LogP contribution in [0.15, 0.2) is 86.9 Å². The molecule has 0 bridgehead atoms. The van der Waals surface area contributed by atoms with Crippen molar-refractivity contribution in [3.05, 3.63) is 93.5 Å². The van der Waals surface area contributed by atoms with E-state index in [0.717, 1.165) is 14.9 Å². The molecule has 174 valence electrons. The van der Waals surface area contributed by atoms with Crippen LogP contribution < -0.4 is 15.4 Å². The molecule has 12 heteroatoms. The van der Waals surface area contributed by atoms with E-state index in [2.05, 4.69) is 5.32 Å². The fourth-order valence-corrected chi connectivity index (χ4v) is 4.57. The zero-order chi connectivity index (χ0) is 24.5. The van der Waals surface area contributed by atoms with Crippen LogP contribution in [0.5, 0.6) is 0 Å². The van der Waals surface area contributed by atoms with E-state index in [0.29, 0.717) is 5.69 Å². The smallest absolute Gasteiger partial charge is 0.407 e. The van der Waals surface area contributed by atoms with Crippen LogP contribution in [0.25, 0.3) is 11.1 Å². The van der Waals surface area contributed by atoms with Crippen LogP contribution in [0.1, 0.15) is 0 Å². The molecular formula is C22H18N4O7S. The summed E-state index contributed by atoms with van der Waals surface area (Å²) in [5.74, 6) is -1.47. The molecule has 3 aromatic carbocycles. The summed E-state index contributed by atoms with van der Waals surface area (Å²) in [7, 11) is -2.46. The minimum atomic E-state index is -3.89. The largest absolute Gasteiger partial charge is 0.420 e. The number of hydrogen-bond donors (Lipinski definition) is 1. The van der Waals surface area contributed by atoms with E-state index in [4.69, 9.17) is 4.42 Å². The number of fused-ring (bicyclic) bond motifs is 1. The highest BCUT2D eigenvalue weighted by Gasteiger charge is 2.22. The fraction of sp³-hybridized carbons (Fsp3) is 0.0909. The summed E-state index contributed by atoms with van der Waals surface area (Å²) >= 11 is 0. The predicted molar refractivity (Wildman–Crippen MR) is 124 cm³/mol. The van der Waals surface area contributed by atoms with Gasteiger partial charge in [0.2, 0.25) is 5.91 Å². The molecule has 1 heterocycles. The van der Waals surface area contributed by atoms with Crippen LogP contribution in [0, 0.1) is 10.1 Å². The van der Waals surface area contributed by atoms with Crippen molar-refractivity contribution in [3.8, 4) is 0 Å². The Balaban J connectivity index is 1.55. The number of hydrogen-bond acceptors (Lipinski definition) is 7. The Hall–Kier alpha value is -4.45. The monoisotopic (exact) mass is 482 g/mol. The second-order valence-electron chi connectivity index (χ2n) is 7.25. The van der Waals surface area contributed by atoms with Gasteiger partial charge in [0.05, 0.1) is 27.1 Å². The zero-order valence-electron chi connectivity index (χ0n) is 17.7. The highest BCUT2D eigenvalue weighted by Crippen LogP contribution is 2.24. The molecule has 0 aliphatic heterocycles. The van der Waals surface area contributed by atoms with Gasteiger partial charge >= 0.3 is 5.76 Å². The van der Waals surface area contributed by atoms with Crippen molar-refractivity contribution in [2.45, 2.75) is 11.4 Å². The van der Waals surface area contributed by atoms with Gasteiger partial charge in [-0.05, 0) is 36.4 Å². The van der Waals surface area contributed by atoms with Crippen LogP contribution in [-0.2, 0) is 21.4 Å². The van der Waals surface area contributed by atoms with Crippen molar-refractivity contribution in [1.29, 1.82) is 0 Å². The van der Waals surface area contributed by atoms with Gasteiger partial charge in [0, 0.05) is 18.8 Å². The number of anilines is 2. The molecule has 34 heavy (non-hydrogen) atoms. The SMILES string of the molecule is CN(c1ccccc1)S(=O)(=O)c1cccc(NC(=O)Cn2c(=O)oc3cc([N+](=O)[O-])ccc32)c1. The summed E-state index contributed by atoms with van der Waals surface area (Å²) in [6.07, 6.45) is 0. The number of nitrogens with one attached hydrogen (secondary N) is 1. The van der Waals surface area contributed by atoms with E-state index in [1.54, 1.807) is 30.3 Å². The second-order valence-corrected chi connectivity index (χ2v) is 9.22. The molecule has 4 aromatic rings. The lowest BCUT2D eigenvalue weighted by Crippen LogP contribution is -2.27. The van der Waals surface area contributed by atoms with E-state index < -0.39 is 33.2 Å². The summed E-state index contributed by atoms with van der Waals surface area (Å²) in [5, 5.41) is 13.5. The van der Waals surface area contributed by atoms with Gasteiger partial charge in [-0.25, -0.2) is 13.2 Å². The maximum Gasteiger partial charge on any atom is 0.420 e. The van der Waals surface area contributed by atoms with Gasteiger partial charge in [-0.2, -0.15) is 0 Å². The molecule has 0 saturated carbocycles. The minimum Gasteiger partial charge on any atom is -0.407 e. The summed E-state index contributed by atoms with van der Waals surface area (Å²) in [6, 6.07) is 17.9. The third-order valence-electron chi connectivity index (χ3n) is 5.06. The molecule has 11 nitrogen and oxygen atoms in total. The van der Waals surface area contributed by atoms with Gasteiger partial charge in [-0.1, -0.05) is 24.3 Å². The fourth-order valence-electron chi connectivity index (χ4n) is 3.33. The maximum absolute atomic E-state index is 13.0. The molecule has 0 aliphatic carbocycles. The Morgan fingerprint density at radius 3 is 2.53 bits per heavy atom. The normalized spacial score (nSPS) is 11.3. The highest BCUT2D eigenvalue weighted by atomic mass is 32.2. The van der Waals surface area contributed by atoms with Crippen molar-refractivity contribution in [1.82, 2.24) is 4.57 Å². The average Bonchev–Trinajstić information content (AvgIpc) is 3.13. The van der Waals surface area contributed by atoms with Crippen LogP contribution in [0.2, 0.25) is 0 Å². The third-order valence-corrected chi connectivity index (χ3v) is 6.84. The molecule has 0 spiro atoms. The number of nitro benzene ring substituents is 1. The number of oxazole rings is 1. The summed E-state index contributed by atoms with van der Waals surface area (Å²) in [4.78, 5) is 35.0. The minimum absolute atomic E-state index is 0.0240. The molecule has 0 radical (unpaired) electrons. The first-order valence-corrected chi connectivity index (χ1v) is 11.3. The molecule has 1 N–H and O–H groups in total. The Morgan fingerprint density at radius 1 is 1.09 bits per heavy atom. The average molecular weight is 482 g/mol. The van der Waals surface area contributed by atoms with Gasteiger partial charge < -0.3 is 9.73 Å². The van der Waals surface area contributed by atoms with Gasteiger partial charge in [0.15, 0.2) is 5.58 Å². The number of sulfonamides is 1. The highest BCUT2D eigenvalue weighted by molar-refractivity contribution is 7.92. The van der Waals surface area contributed by atoms with Crippen LogP contribution in [0.3, 0.4) is 0 Å². The lowest BCUT2D eigenvalue weighted by atomic mass is 10.3. The van der Waals surface area contributed by atoms with Crippen molar-refractivity contribution >= 4 is 44.1 Å². The number of carbonyl (C=O) groups excluding carboxylic acids is 1. The lowest BCUT2D eigenvalue weighted by Gasteiger charge is -2.19. The molecule has 0 fully saturated rings. The number of para-hydroxylation sites is 1. The van der Waals surface area contributed by atoms with E-state index in [1.807, 2.05) is 0 Å². The van der Waals surface area contributed by atoms with Crippen molar-refractivity contribution in [3.63, 3.8) is 0 Å². The molecule has 0 saturated heterocycles. The Morgan fingerprint density at radius 2 is 1.82 bits per heavy atom. The molecule has 0 atom stereocenters. The lowest BCUT2D eigenvalue weighted by molar-refractivity contribution is -0.384. The standard InChI is InChI=1S/C22H18N4O7S/c1-24(16-7-3-2-4-8-16)34(31,32)18-9-5-6-15(12-18)23-21(27)14-25-19-11-10-17(26(29)30)13-20(19)33-22(25)28/h2-13H,14H2,1H3,(H,23,27). The number of benzene rings is 3. The first-order chi connectivity index (χ1) is 16.2. The van der Waals surface area contributed by atoms with Crippen LogP contribution >= 0.6 is 0 Å². The number of nitrogens with zero attached hydrogens (tertiary/aromatic N) is 3. The number of amides is 1. The number of rotatable bonds is 7. The van der Waals surface area contributed by atoms with Gasteiger partial charge in [-0.3, -0.25) is 23.8 Å². The summed E-state index contributed by atoms with van der Waals surface area (Å²) in [5.41, 5.74) is 0.624. The van der Waals surface area contributed by atoms with Crippen molar-refractivity contribution in [2.24, 2.45) is 0 Å². The number of aromatic nitrogens is 1. The van der Waals surface area contributed by atoms with Gasteiger partial charge in [0.25, 0.3) is 15.7 Å². The first kappa shape index (κ1) is 22.7. The van der Waals surface area contributed by atoms with Crippen molar-refractivity contribution in [2.75, 3.05) is 16.7 Å². The Bertz CT molecular complexity index is 1560. The number of nitro groups is 1. The molecule has 1 aromatic heterocycles. The van der Waals surface area contributed by atoms with Crippen molar-refractivity contribution < 1.29 is 22.6 Å². The van der Waals surface area contributed by atoms with E-state index in [1.165, 1.54) is 43.4 Å². The Kier molecular flexibility index (Phi) is 5.90. The third kappa shape index (κ3) is 4.38. The topological polar surface area (TPSA) is 145 Å². The van der Waals surface area contributed by atoms with Gasteiger partial charge in [0.1, 0.15) is 6.54 Å². The first-order valence-electron chi connectivity index (χ1n) is 9.88. The quantitative estimate of drug-likeness (QED) is 0.315. The summed E-state index contributed by atoms with van der Waals surface area (Å²) in [6.45, 7) is -0.440. The second kappa shape index (κ2) is 8.83. The maximum atomic E-state index is 13.0. The van der Waals surface area contributed by atoms with E-state index in [-0.39, 0.29) is 27.4 Å². The summed E-state index contributed by atoms with van der Waals surface area (Å²) < 4.78 is 33.2. The van der Waals surface area contributed by atoms with Crippen LogP contribution in [-0.4, -0.2) is 30.9 Å². The molecular weight excluding hydrogens is 464 g/mol. The van der Waals surface area contributed by atoms with E-state index >= 15 is 0 Å².